The topological polar surface area (TPSA) is 12.5 Å². The molecule has 1 fully saturated rings. The van der Waals surface area contributed by atoms with Gasteiger partial charge in [0.1, 0.15) is 0 Å². The summed E-state index contributed by atoms with van der Waals surface area (Å²) >= 11 is 0. The Labute approximate surface area is 58.6 Å². The molecule has 1 rings (SSSR count). The van der Waals surface area contributed by atoms with Crippen molar-refractivity contribution in [2.75, 3.05) is 0 Å². The summed E-state index contributed by atoms with van der Waals surface area (Å²) in [5.41, 5.74) is -1.33. The van der Waals surface area contributed by atoms with E-state index in [1.165, 1.54) is 6.92 Å². The van der Waals surface area contributed by atoms with Gasteiger partial charge < -0.3 is 4.74 Å². The van der Waals surface area contributed by atoms with Gasteiger partial charge in [0.2, 0.25) is 0 Å². The van der Waals surface area contributed by atoms with Crippen LogP contribution in [0.25, 0.3) is 0 Å². The fourth-order valence-electron chi connectivity index (χ4n) is 1.15. The standard InChI is InChI=1S/C6H11F2NO/c1-5-3-4-6(2,10-5)9(7)8/h5H,3-4H2,1-2H3. The van der Waals surface area contributed by atoms with Crippen LogP contribution in [0, 0.1) is 0 Å². The molecule has 1 heterocycles. The zero-order chi connectivity index (χ0) is 7.78. The van der Waals surface area contributed by atoms with Gasteiger partial charge in [-0.05, 0) is 26.7 Å². The largest absolute Gasteiger partial charge is 0.352 e. The number of halogens is 2. The van der Waals surface area contributed by atoms with E-state index in [0.717, 1.165) is 0 Å². The second kappa shape index (κ2) is 2.43. The lowest BCUT2D eigenvalue weighted by Crippen LogP contribution is -2.35. The zero-order valence-electron chi connectivity index (χ0n) is 6.10. The Bertz CT molecular complexity index is 131. The van der Waals surface area contributed by atoms with Crippen LogP contribution in [0.2, 0.25) is 0 Å². The molecular formula is C6H11F2NO. The van der Waals surface area contributed by atoms with Crippen LogP contribution >= 0.6 is 0 Å². The summed E-state index contributed by atoms with van der Waals surface area (Å²) in [7, 11) is 0. The maximum absolute atomic E-state index is 12.0. The second-order valence-electron chi connectivity index (χ2n) is 2.88. The molecule has 0 aliphatic carbocycles. The average Bonchev–Trinajstić information content (AvgIpc) is 2.13. The Balaban J connectivity index is 2.54. The first-order chi connectivity index (χ1) is 4.54. The molecule has 0 spiro atoms. The number of ether oxygens (including phenoxy) is 1. The van der Waals surface area contributed by atoms with E-state index >= 15 is 0 Å². The molecular weight excluding hydrogens is 140 g/mol. The zero-order valence-corrected chi connectivity index (χ0v) is 6.10. The Kier molecular flexibility index (Phi) is 1.92. The second-order valence-corrected chi connectivity index (χ2v) is 2.88. The van der Waals surface area contributed by atoms with Crippen molar-refractivity contribution in [2.45, 2.75) is 38.5 Å². The summed E-state index contributed by atoms with van der Waals surface area (Å²) in [6.07, 6.45) is 1.07. The highest BCUT2D eigenvalue weighted by Crippen LogP contribution is 2.33. The van der Waals surface area contributed by atoms with E-state index in [1.807, 2.05) is 0 Å². The quantitative estimate of drug-likeness (QED) is 0.531. The fraction of sp³-hybridized carbons (Fsp3) is 1.00. The van der Waals surface area contributed by atoms with Crippen molar-refractivity contribution >= 4 is 0 Å². The van der Waals surface area contributed by atoms with Gasteiger partial charge in [-0.25, -0.2) is 0 Å². The van der Waals surface area contributed by atoms with Crippen molar-refractivity contribution in [3.63, 3.8) is 0 Å². The average molecular weight is 151 g/mol. The van der Waals surface area contributed by atoms with E-state index in [4.69, 9.17) is 4.74 Å². The van der Waals surface area contributed by atoms with Crippen LogP contribution in [0.3, 0.4) is 0 Å². The van der Waals surface area contributed by atoms with Crippen molar-refractivity contribution in [3.8, 4) is 0 Å². The lowest BCUT2D eigenvalue weighted by molar-refractivity contribution is -0.309. The third-order valence-corrected chi connectivity index (χ3v) is 1.83. The molecule has 60 valence electrons. The highest BCUT2D eigenvalue weighted by atomic mass is 19.4. The van der Waals surface area contributed by atoms with Crippen molar-refractivity contribution in [1.29, 1.82) is 0 Å². The van der Waals surface area contributed by atoms with Gasteiger partial charge in [0.25, 0.3) is 0 Å². The molecule has 0 aromatic rings. The van der Waals surface area contributed by atoms with Crippen LogP contribution in [0.1, 0.15) is 26.7 Å². The molecule has 1 aliphatic heterocycles. The Morgan fingerprint density at radius 3 is 2.40 bits per heavy atom. The van der Waals surface area contributed by atoms with Gasteiger partial charge in [0.05, 0.1) is 11.4 Å². The van der Waals surface area contributed by atoms with Crippen molar-refractivity contribution in [1.82, 2.24) is 5.34 Å². The van der Waals surface area contributed by atoms with Gasteiger partial charge in [0, 0.05) is 0 Å². The number of hydrogen-bond donors (Lipinski definition) is 0. The fourth-order valence-corrected chi connectivity index (χ4v) is 1.15. The van der Waals surface area contributed by atoms with Crippen LogP contribution < -0.4 is 0 Å². The molecule has 0 aromatic carbocycles. The Hall–Kier alpha value is -0.220. The molecule has 0 aromatic heterocycles. The van der Waals surface area contributed by atoms with Crippen LogP contribution in [0.5, 0.6) is 0 Å². The van der Waals surface area contributed by atoms with Gasteiger partial charge >= 0.3 is 0 Å². The molecule has 0 saturated carbocycles. The van der Waals surface area contributed by atoms with E-state index in [-0.39, 0.29) is 6.10 Å². The van der Waals surface area contributed by atoms with Gasteiger partial charge in [0.15, 0.2) is 5.72 Å². The molecule has 0 bridgehead atoms. The predicted molar refractivity (Wildman–Crippen MR) is 32.2 cm³/mol. The predicted octanol–water partition coefficient (Wildman–Crippen LogP) is 1.97. The maximum atomic E-state index is 12.0. The number of rotatable bonds is 1. The molecule has 2 unspecified atom stereocenters. The van der Waals surface area contributed by atoms with Crippen LogP contribution in [0.4, 0.5) is 8.96 Å². The third kappa shape index (κ3) is 1.27. The van der Waals surface area contributed by atoms with Gasteiger partial charge in [-0.3, -0.25) is 0 Å². The SMILES string of the molecule is CC1CCC(C)(N(F)F)O1. The third-order valence-electron chi connectivity index (χ3n) is 1.83. The minimum absolute atomic E-state index is 0.0426. The lowest BCUT2D eigenvalue weighted by atomic mass is 10.1. The first kappa shape index (κ1) is 7.88. The molecule has 4 heteroatoms. The van der Waals surface area contributed by atoms with Crippen LogP contribution in [-0.2, 0) is 4.74 Å². The van der Waals surface area contributed by atoms with E-state index in [0.29, 0.717) is 12.8 Å². The van der Waals surface area contributed by atoms with Crippen LogP contribution in [-0.4, -0.2) is 17.2 Å². The smallest absolute Gasteiger partial charge is 0.178 e. The molecule has 10 heavy (non-hydrogen) atoms. The summed E-state index contributed by atoms with van der Waals surface area (Å²) in [6, 6.07) is 0. The van der Waals surface area contributed by atoms with E-state index < -0.39 is 11.1 Å². The monoisotopic (exact) mass is 151 g/mol. The normalized spacial score (nSPS) is 41.1. The number of hydrogen-bond acceptors (Lipinski definition) is 2. The van der Waals surface area contributed by atoms with Crippen molar-refractivity contribution in [3.05, 3.63) is 0 Å². The van der Waals surface area contributed by atoms with Gasteiger partial charge in [-0.15, -0.1) is 0 Å². The summed E-state index contributed by atoms with van der Waals surface area (Å²) in [6.45, 7) is 3.20. The highest BCUT2D eigenvalue weighted by molar-refractivity contribution is 4.77. The molecule has 2 atom stereocenters. The number of nitrogens with zero attached hydrogens (tertiary/aromatic N) is 1. The molecule has 1 saturated heterocycles. The van der Waals surface area contributed by atoms with Gasteiger partial charge in [-0.2, -0.15) is 0 Å². The minimum atomic E-state index is -1.33. The Morgan fingerprint density at radius 2 is 2.20 bits per heavy atom. The van der Waals surface area contributed by atoms with E-state index in [2.05, 4.69) is 0 Å². The summed E-state index contributed by atoms with van der Waals surface area (Å²) < 4.78 is 29.0. The van der Waals surface area contributed by atoms with E-state index in [1.54, 1.807) is 6.92 Å². The Morgan fingerprint density at radius 1 is 1.60 bits per heavy atom. The molecule has 1 aliphatic rings. The van der Waals surface area contributed by atoms with Gasteiger partial charge in [-0.1, -0.05) is 8.96 Å². The van der Waals surface area contributed by atoms with Crippen molar-refractivity contribution in [2.24, 2.45) is 0 Å². The minimum Gasteiger partial charge on any atom is -0.352 e. The van der Waals surface area contributed by atoms with Crippen LogP contribution in [0.15, 0.2) is 0 Å². The first-order valence-corrected chi connectivity index (χ1v) is 3.34. The summed E-state index contributed by atoms with van der Waals surface area (Å²) in [4.78, 5) is 0. The molecule has 2 nitrogen and oxygen atoms in total. The molecule has 0 radical (unpaired) electrons. The summed E-state index contributed by atoms with van der Waals surface area (Å²) in [5, 5.41) is -0.851. The highest BCUT2D eigenvalue weighted by Gasteiger charge is 2.41. The van der Waals surface area contributed by atoms with Crippen molar-refractivity contribution < 1.29 is 13.7 Å². The first-order valence-electron chi connectivity index (χ1n) is 3.34. The molecule has 0 N–H and O–H groups in total. The molecule has 0 amide bonds. The lowest BCUT2D eigenvalue weighted by Gasteiger charge is -2.22. The summed E-state index contributed by atoms with van der Waals surface area (Å²) in [5.74, 6) is 0. The van der Waals surface area contributed by atoms with E-state index in [9.17, 15) is 8.96 Å². The maximum Gasteiger partial charge on any atom is 0.178 e.